The Morgan fingerprint density at radius 2 is 1.80 bits per heavy atom. The summed E-state index contributed by atoms with van der Waals surface area (Å²) in [6, 6.07) is 22.7. The van der Waals surface area contributed by atoms with Crippen molar-refractivity contribution in [1.82, 2.24) is 9.97 Å². The molecule has 30 heavy (non-hydrogen) atoms. The molecule has 0 atom stereocenters. The average Bonchev–Trinajstić information content (AvgIpc) is 3.17. The Bertz CT molecular complexity index is 1140. The number of benzene rings is 3. The molecule has 0 aliphatic heterocycles. The summed E-state index contributed by atoms with van der Waals surface area (Å²) in [5.41, 5.74) is 4.92. The maximum atomic E-state index is 12.6. The molecule has 1 heterocycles. The Morgan fingerprint density at radius 3 is 2.63 bits per heavy atom. The van der Waals surface area contributed by atoms with E-state index < -0.39 is 0 Å². The molecule has 7 heteroatoms. The summed E-state index contributed by atoms with van der Waals surface area (Å²) in [6.45, 7) is 0.514. The van der Waals surface area contributed by atoms with Crippen LogP contribution in [-0.2, 0) is 11.3 Å². The van der Waals surface area contributed by atoms with E-state index in [-0.39, 0.29) is 25.9 Å². The minimum Gasteiger partial charge on any atom is -0.394 e. The van der Waals surface area contributed by atoms with E-state index in [1.807, 2.05) is 66.7 Å². The summed E-state index contributed by atoms with van der Waals surface area (Å²) < 4.78 is 5.28. The van der Waals surface area contributed by atoms with E-state index in [1.54, 1.807) is 6.07 Å². The van der Waals surface area contributed by atoms with Crippen molar-refractivity contribution in [3.63, 3.8) is 0 Å². The molecule has 3 aromatic carbocycles. The summed E-state index contributed by atoms with van der Waals surface area (Å²) >= 11 is 0. The largest absolute Gasteiger partial charge is 0.394 e. The zero-order chi connectivity index (χ0) is 20.8. The van der Waals surface area contributed by atoms with Gasteiger partial charge in [0, 0.05) is 11.3 Å². The first-order chi connectivity index (χ1) is 14.7. The third-order valence-electron chi connectivity index (χ3n) is 4.52. The molecule has 2 amide bonds. The molecule has 7 nitrogen and oxygen atoms in total. The number of ether oxygens (including phenoxy) is 1. The number of nitrogens with zero attached hydrogens (tertiary/aromatic N) is 1. The molecule has 4 N–H and O–H groups in total. The van der Waals surface area contributed by atoms with Crippen LogP contribution >= 0.6 is 0 Å². The number of aliphatic hydroxyl groups is 1. The van der Waals surface area contributed by atoms with Gasteiger partial charge in [-0.2, -0.15) is 0 Å². The average molecular weight is 402 g/mol. The van der Waals surface area contributed by atoms with Gasteiger partial charge in [0.2, 0.25) is 0 Å². The number of amides is 2. The second-order valence-corrected chi connectivity index (χ2v) is 6.68. The minimum absolute atomic E-state index is 0.0309. The number of aromatic amines is 1. The Balaban J connectivity index is 1.46. The molecule has 152 valence electrons. The minimum atomic E-state index is -0.330. The van der Waals surface area contributed by atoms with Crippen LogP contribution in [0.3, 0.4) is 0 Å². The molecule has 0 bridgehead atoms. The SMILES string of the molecule is O=C(Nc1ccc2nc(COCCO)[nH]c2c1)Nc1ccccc1-c1ccccc1. The van der Waals surface area contributed by atoms with E-state index in [1.165, 1.54) is 0 Å². The van der Waals surface area contributed by atoms with E-state index in [9.17, 15) is 4.79 Å². The fraction of sp³-hybridized carbons (Fsp3) is 0.130. The monoisotopic (exact) mass is 402 g/mol. The number of fused-ring (bicyclic) bond motifs is 1. The molecule has 1 aromatic heterocycles. The Labute approximate surface area is 173 Å². The highest BCUT2D eigenvalue weighted by atomic mass is 16.5. The van der Waals surface area contributed by atoms with Gasteiger partial charge in [0.1, 0.15) is 12.4 Å². The van der Waals surface area contributed by atoms with Crippen molar-refractivity contribution >= 4 is 28.4 Å². The van der Waals surface area contributed by atoms with Crippen LogP contribution in [0.15, 0.2) is 72.8 Å². The lowest BCUT2D eigenvalue weighted by atomic mass is 10.0. The number of aromatic nitrogens is 2. The van der Waals surface area contributed by atoms with Crippen LogP contribution in [0.1, 0.15) is 5.82 Å². The number of carbonyl (C=O) groups excluding carboxylic acids is 1. The van der Waals surface area contributed by atoms with Gasteiger partial charge in [-0.3, -0.25) is 0 Å². The zero-order valence-corrected chi connectivity index (χ0v) is 16.3. The van der Waals surface area contributed by atoms with Gasteiger partial charge in [-0.15, -0.1) is 0 Å². The molecular formula is C23H22N4O3. The highest BCUT2D eigenvalue weighted by Crippen LogP contribution is 2.27. The standard InChI is InChI=1S/C23H22N4O3/c28-12-13-30-15-22-25-20-11-10-17(14-21(20)26-22)24-23(29)27-19-9-5-4-8-18(19)16-6-2-1-3-7-16/h1-11,14,28H,12-13,15H2,(H,25,26)(H2,24,27,29). The van der Waals surface area contributed by atoms with Crippen LogP contribution in [0.2, 0.25) is 0 Å². The lowest BCUT2D eigenvalue weighted by molar-refractivity contribution is 0.0782. The quantitative estimate of drug-likeness (QED) is 0.345. The number of urea groups is 1. The van der Waals surface area contributed by atoms with Crippen LogP contribution in [-0.4, -0.2) is 34.3 Å². The third kappa shape index (κ3) is 4.65. The van der Waals surface area contributed by atoms with Crippen LogP contribution in [0.4, 0.5) is 16.2 Å². The van der Waals surface area contributed by atoms with Gasteiger partial charge in [-0.25, -0.2) is 9.78 Å². The fourth-order valence-electron chi connectivity index (χ4n) is 3.19. The smallest absolute Gasteiger partial charge is 0.323 e. The number of hydrogen-bond donors (Lipinski definition) is 4. The van der Waals surface area contributed by atoms with Crippen LogP contribution < -0.4 is 10.6 Å². The van der Waals surface area contributed by atoms with Crippen molar-refractivity contribution < 1.29 is 14.6 Å². The molecule has 4 aromatic rings. The van der Waals surface area contributed by atoms with Crippen LogP contribution in [0.5, 0.6) is 0 Å². The van der Waals surface area contributed by atoms with Crippen molar-refractivity contribution in [2.75, 3.05) is 23.8 Å². The Kier molecular flexibility index (Phi) is 6.03. The summed E-state index contributed by atoms with van der Waals surface area (Å²) in [7, 11) is 0. The van der Waals surface area contributed by atoms with Gasteiger partial charge < -0.3 is 25.5 Å². The molecule has 0 spiro atoms. The van der Waals surface area contributed by atoms with Gasteiger partial charge in [0.05, 0.1) is 29.9 Å². The van der Waals surface area contributed by atoms with Gasteiger partial charge >= 0.3 is 6.03 Å². The first-order valence-electron chi connectivity index (χ1n) is 9.62. The molecule has 0 unspecified atom stereocenters. The Hall–Kier alpha value is -3.68. The number of aliphatic hydroxyl groups excluding tert-OH is 1. The topological polar surface area (TPSA) is 99.3 Å². The molecule has 0 saturated heterocycles. The summed E-state index contributed by atoms with van der Waals surface area (Å²) in [4.78, 5) is 20.2. The van der Waals surface area contributed by atoms with Gasteiger partial charge in [0.25, 0.3) is 0 Å². The number of H-pyrrole nitrogens is 1. The second-order valence-electron chi connectivity index (χ2n) is 6.68. The van der Waals surface area contributed by atoms with Gasteiger partial charge in [0.15, 0.2) is 0 Å². The van der Waals surface area contributed by atoms with E-state index in [0.717, 1.165) is 27.8 Å². The van der Waals surface area contributed by atoms with Crippen molar-refractivity contribution in [3.05, 3.63) is 78.6 Å². The van der Waals surface area contributed by atoms with Crippen LogP contribution in [0.25, 0.3) is 22.2 Å². The summed E-state index contributed by atoms with van der Waals surface area (Å²) in [5, 5.41) is 14.6. The van der Waals surface area contributed by atoms with Gasteiger partial charge in [-0.05, 0) is 29.8 Å². The molecule has 0 aliphatic rings. The number of hydrogen-bond acceptors (Lipinski definition) is 4. The van der Waals surface area contributed by atoms with Gasteiger partial charge in [-0.1, -0.05) is 48.5 Å². The number of rotatable bonds is 7. The van der Waals surface area contributed by atoms with Crippen molar-refractivity contribution in [1.29, 1.82) is 0 Å². The number of nitrogens with one attached hydrogen (secondary N) is 3. The molecule has 0 radical (unpaired) electrons. The van der Waals surface area contributed by atoms with Crippen molar-refractivity contribution in [3.8, 4) is 11.1 Å². The van der Waals surface area contributed by atoms with E-state index in [2.05, 4.69) is 20.6 Å². The van der Waals surface area contributed by atoms with E-state index in [4.69, 9.17) is 9.84 Å². The number of imidazole rings is 1. The maximum Gasteiger partial charge on any atom is 0.323 e. The predicted octanol–water partition coefficient (Wildman–Crippen LogP) is 4.38. The van der Waals surface area contributed by atoms with Crippen molar-refractivity contribution in [2.45, 2.75) is 6.61 Å². The van der Waals surface area contributed by atoms with Crippen LogP contribution in [0, 0.1) is 0 Å². The molecule has 4 rings (SSSR count). The molecule has 0 saturated carbocycles. The first kappa shape index (κ1) is 19.6. The maximum absolute atomic E-state index is 12.6. The fourth-order valence-corrected chi connectivity index (χ4v) is 3.19. The third-order valence-corrected chi connectivity index (χ3v) is 4.52. The summed E-state index contributed by atoms with van der Waals surface area (Å²) in [6.07, 6.45) is 0. The van der Waals surface area contributed by atoms with E-state index in [0.29, 0.717) is 11.5 Å². The normalized spacial score (nSPS) is 10.8. The zero-order valence-electron chi connectivity index (χ0n) is 16.3. The number of para-hydroxylation sites is 1. The highest BCUT2D eigenvalue weighted by Gasteiger charge is 2.10. The lowest BCUT2D eigenvalue weighted by Crippen LogP contribution is -2.19. The number of carbonyl (C=O) groups is 1. The van der Waals surface area contributed by atoms with Crippen molar-refractivity contribution in [2.24, 2.45) is 0 Å². The first-order valence-corrected chi connectivity index (χ1v) is 9.62. The highest BCUT2D eigenvalue weighted by molar-refractivity contribution is 6.03. The number of anilines is 2. The van der Waals surface area contributed by atoms with E-state index >= 15 is 0 Å². The molecule has 0 fully saturated rings. The second kappa shape index (κ2) is 9.21. The lowest BCUT2D eigenvalue weighted by Gasteiger charge is -2.12. The summed E-state index contributed by atoms with van der Waals surface area (Å²) in [5.74, 6) is 0.664. The molecular weight excluding hydrogens is 380 g/mol. The molecule has 0 aliphatic carbocycles. The predicted molar refractivity (Wildman–Crippen MR) is 117 cm³/mol. The Morgan fingerprint density at radius 1 is 1.00 bits per heavy atom.